The van der Waals surface area contributed by atoms with Crippen molar-refractivity contribution in [2.75, 3.05) is 13.7 Å². The maximum Gasteiger partial charge on any atom is 0.374 e. The lowest BCUT2D eigenvalue weighted by atomic mass is 10.1. The number of ether oxygens (including phenoxy) is 2. The Bertz CT molecular complexity index is 234. The number of ketones is 1. The van der Waals surface area contributed by atoms with Crippen molar-refractivity contribution in [3.63, 3.8) is 0 Å². The van der Waals surface area contributed by atoms with E-state index in [1.807, 2.05) is 0 Å². The van der Waals surface area contributed by atoms with E-state index >= 15 is 0 Å². The Morgan fingerprint density at radius 1 is 1.07 bits per heavy atom. The third kappa shape index (κ3) is 6.65. The van der Waals surface area contributed by atoms with E-state index < -0.39 is 11.8 Å². The van der Waals surface area contributed by atoms with Gasteiger partial charge in [-0.05, 0) is 19.8 Å². The fourth-order valence-corrected chi connectivity index (χ4v) is 0.971. The molecule has 0 amide bonds. The third-order valence-corrected chi connectivity index (χ3v) is 1.77. The van der Waals surface area contributed by atoms with Gasteiger partial charge in [0.1, 0.15) is 0 Å². The molecule has 5 nitrogen and oxygen atoms in total. The zero-order valence-electron chi connectivity index (χ0n) is 9.08. The number of esters is 2. The van der Waals surface area contributed by atoms with E-state index in [9.17, 15) is 14.4 Å². The van der Waals surface area contributed by atoms with Gasteiger partial charge in [0.15, 0.2) is 0 Å². The first kappa shape index (κ1) is 13.6. The summed E-state index contributed by atoms with van der Waals surface area (Å²) < 4.78 is 8.95. The van der Waals surface area contributed by atoms with E-state index in [-0.39, 0.29) is 25.4 Å². The number of unbranched alkanes of at least 4 members (excludes halogenated alkanes) is 1. The van der Waals surface area contributed by atoms with Crippen LogP contribution in [-0.4, -0.2) is 31.4 Å². The average molecular weight is 216 g/mol. The van der Waals surface area contributed by atoms with Gasteiger partial charge in [-0.15, -0.1) is 0 Å². The molecule has 5 heteroatoms. The fraction of sp³-hybridized carbons (Fsp3) is 0.700. The molecule has 0 rings (SSSR count). The van der Waals surface area contributed by atoms with Gasteiger partial charge < -0.3 is 9.47 Å². The van der Waals surface area contributed by atoms with Crippen molar-refractivity contribution in [1.29, 1.82) is 0 Å². The summed E-state index contributed by atoms with van der Waals surface area (Å²) in [6.45, 7) is 1.84. The number of Topliss-reactive ketones (excluding diaryl/α,β-unsaturated/α-hetero) is 1. The van der Waals surface area contributed by atoms with Crippen LogP contribution < -0.4 is 0 Å². The largest absolute Gasteiger partial charge is 0.469 e. The van der Waals surface area contributed by atoms with E-state index in [4.69, 9.17) is 0 Å². The highest BCUT2D eigenvalue weighted by atomic mass is 16.5. The SMILES string of the molecule is CCOC(=O)C(=O)CCCCC(=O)OC. The predicted molar refractivity (Wildman–Crippen MR) is 52.1 cm³/mol. The Labute approximate surface area is 88.7 Å². The first-order valence-electron chi connectivity index (χ1n) is 4.88. The number of methoxy groups -OCH3 is 1. The van der Waals surface area contributed by atoms with Crippen LogP contribution in [0.2, 0.25) is 0 Å². The summed E-state index contributed by atoms with van der Waals surface area (Å²) >= 11 is 0. The lowest BCUT2D eigenvalue weighted by Gasteiger charge is -2.00. The molecule has 0 heterocycles. The van der Waals surface area contributed by atoms with Crippen LogP contribution in [0.4, 0.5) is 0 Å². The second kappa shape index (κ2) is 7.96. The molecule has 15 heavy (non-hydrogen) atoms. The van der Waals surface area contributed by atoms with Crippen LogP contribution in [0.3, 0.4) is 0 Å². The van der Waals surface area contributed by atoms with Gasteiger partial charge in [-0.3, -0.25) is 9.59 Å². The molecule has 0 unspecified atom stereocenters. The Hall–Kier alpha value is -1.39. The van der Waals surface area contributed by atoms with Crippen molar-refractivity contribution < 1.29 is 23.9 Å². The normalized spacial score (nSPS) is 9.47. The van der Waals surface area contributed by atoms with Gasteiger partial charge in [0, 0.05) is 12.8 Å². The van der Waals surface area contributed by atoms with Crippen LogP contribution >= 0.6 is 0 Å². The van der Waals surface area contributed by atoms with Gasteiger partial charge in [-0.1, -0.05) is 0 Å². The summed E-state index contributed by atoms with van der Waals surface area (Å²) in [5.74, 6) is -1.64. The van der Waals surface area contributed by atoms with E-state index in [0.29, 0.717) is 12.8 Å². The lowest BCUT2D eigenvalue weighted by Crippen LogP contribution is -2.17. The predicted octanol–water partition coefficient (Wildman–Crippen LogP) is 0.852. The van der Waals surface area contributed by atoms with Crippen molar-refractivity contribution in [3.05, 3.63) is 0 Å². The van der Waals surface area contributed by atoms with E-state index in [1.165, 1.54) is 7.11 Å². The highest BCUT2D eigenvalue weighted by molar-refractivity contribution is 6.33. The van der Waals surface area contributed by atoms with Crippen molar-refractivity contribution in [1.82, 2.24) is 0 Å². The summed E-state index contributed by atoms with van der Waals surface area (Å²) in [6, 6.07) is 0. The highest BCUT2D eigenvalue weighted by Gasteiger charge is 2.13. The molecule has 0 saturated heterocycles. The molecular weight excluding hydrogens is 200 g/mol. The molecule has 0 radical (unpaired) electrons. The van der Waals surface area contributed by atoms with Gasteiger partial charge in [0.2, 0.25) is 5.78 Å². The topological polar surface area (TPSA) is 69.7 Å². The Balaban J connectivity index is 3.55. The summed E-state index contributed by atoms with van der Waals surface area (Å²) in [5, 5.41) is 0. The van der Waals surface area contributed by atoms with Crippen LogP contribution in [0.15, 0.2) is 0 Å². The van der Waals surface area contributed by atoms with E-state index in [0.717, 1.165) is 0 Å². The minimum atomic E-state index is -0.796. The van der Waals surface area contributed by atoms with Gasteiger partial charge in [0.25, 0.3) is 0 Å². The smallest absolute Gasteiger partial charge is 0.374 e. The summed E-state index contributed by atoms with van der Waals surface area (Å²) in [4.78, 5) is 32.6. The Kier molecular flexibility index (Phi) is 7.23. The average Bonchev–Trinajstić information content (AvgIpc) is 2.23. The van der Waals surface area contributed by atoms with Gasteiger partial charge in [-0.25, -0.2) is 4.79 Å². The highest BCUT2D eigenvalue weighted by Crippen LogP contribution is 2.02. The zero-order valence-corrected chi connectivity index (χ0v) is 9.08. The number of hydrogen-bond donors (Lipinski definition) is 0. The van der Waals surface area contributed by atoms with Crippen LogP contribution in [-0.2, 0) is 23.9 Å². The molecule has 0 N–H and O–H groups in total. The van der Waals surface area contributed by atoms with E-state index in [2.05, 4.69) is 9.47 Å². The molecule has 0 aliphatic carbocycles. The Morgan fingerprint density at radius 2 is 1.67 bits per heavy atom. The van der Waals surface area contributed by atoms with Crippen LogP contribution in [0, 0.1) is 0 Å². The summed E-state index contributed by atoms with van der Waals surface area (Å²) in [6.07, 6.45) is 1.42. The van der Waals surface area contributed by atoms with Crippen LogP contribution in [0.1, 0.15) is 32.6 Å². The first-order valence-corrected chi connectivity index (χ1v) is 4.88. The molecule has 0 spiro atoms. The summed E-state index contributed by atoms with van der Waals surface area (Å²) in [7, 11) is 1.31. The summed E-state index contributed by atoms with van der Waals surface area (Å²) in [5.41, 5.74) is 0. The maximum absolute atomic E-state index is 11.1. The van der Waals surface area contributed by atoms with Crippen molar-refractivity contribution in [2.45, 2.75) is 32.6 Å². The quantitative estimate of drug-likeness (QED) is 0.358. The third-order valence-electron chi connectivity index (χ3n) is 1.77. The Morgan fingerprint density at radius 3 is 2.20 bits per heavy atom. The lowest BCUT2D eigenvalue weighted by molar-refractivity contribution is -0.153. The van der Waals surface area contributed by atoms with Crippen molar-refractivity contribution in [2.24, 2.45) is 0 Å². The molecule has 0 saturated carbocycles. The molecule has 0 aliphatic rings. The van der Waals surface area contributed by atoms with Crippen LogP contribution in [0.25, 0.3) is 0 Å². The maximum atomic E-state index is 11.1. The standard InChI is InChI=1S/C10H16O5/c1-3-15-10(13)8(11)6-4-5-7-9(12)14-2/h3-7H2,1-2H3. The number of carbonyl (C=O) groups is 3. The van der Waals surface area contributed by atoms with Gasteiger partial charge in [0.05, 0.1) is 13.7 Å². The molecule has 0 bridgehead atoms. The molecule has 0 aromatic heterocycles. The minimum absolute atomic E-state index is 0.121. The first-order chi connectivity index (χ1) is 7.11. The molecular formula is C10H16O5. The van der Waals surface area contributed by atoms with Crippen molar-refractivity contribution in [3.8, 4) is 0 Å². The zero-order chi connectivity index (χ0) is 11.7. The monoisotopic (exact) mass is 216 g/mol. The van der Waals surface area contributed by atoms with Crippen LogP contribution in [0.5, 0.6) is 0 Å². The second-order valence-corrected chi connectivity index (χ2v) is 2.93. The minimum Gasteiger partial charge on any atom is -0.469 e. The molecule has 0 aliphatic heterocycles. The second-order valence-electron chi connectivity index (χ2n) is 2.93. The van der Waals surface area contributed by atoms with E-state index in [1.54, 1.807) is 6.92 Å². The molecule has 0 atom stereocenters. The van der Waals surface area contributed by atoms with Crippen molar-refractivity contribution >= 4 is 17.7 Å². The van der Waals surface area contributed by atoms with Gasteiger partial charge >= 0.3 is 11.9 Å². The molecule has 0 fully saturated rings. The number of carbonyl (C=O) groups excluding carboxylic acids is 3. The molecule has 0 aromatic rings. The van der Waals surface area contributed by atoms with Gasteiger partial charge in [-0.2, -0.15) is 0 Å². The molecule has 0 aromatic carbocycles. The number of hydrogen-bond acceptors (Lipinski definition) is 5. The number of rotatable bonds is 7. The molecule has 86 valence electrons. The fourth-order valence-electron chi connectivity index (χ4n) is 0.971.